The SMILES string of the molecule is CCC(=O)N1CCN(C(=O)C2CC2c2ccc3c(c2)OCO3)CC1. The molecule has 2 amide bonds. The molecule has 3 aliphatic rings. The van der Waals surface area contributed by atoms with Gasteiger partial charge in [0, 0.05) is 38.5 Å². The minimum atomic E-state index is 0.0683. The lowest BCUT2D eigenvalue weighted by atomic mass is 10.1. The van der Waals surface area contributed by atoms with E-state index in [9.17, 15) is 9.59 Å². The van der Waals surface area contributed by atoms with Crippen LogP contribution in [0.5, 0.6) is 11.5 Å². The first kappa shape index (κ1) is 15.3. The molecule has 0 radical (unpaired) electrons. The second kappa shape index (κ2) is 6.00. The number of ether oxygens (including phenoxy) is 2. The Bertz CT molecular complexity index is 667. The van der Waals surface area contributed by atoms with Gasteiger partial charge in [-0.2, -0.15) is 0 Å². The maximum absolute atomic E-state index is 12.7. The lowest BCUT2D eigenvalue weighted by molar-refractivity contribution is -0.140. The molecule has 0 bridgehead atoms. The van der Waals surface area contributed by atoms with Gasteiger partial charge in [0.15, 0.2) is 11.5 Å². The highest BCUT2D eigenvalue weighted by Gasteiger charge is 2.46. The van der Waals surface area contributed by atoms with E-state index in [1.165, 1.54) is 0 Å². The van der Waals surface area contributed by atoms with Crippen LogP contribution < -0.4 is 9.47 Å². The average molecular weight is 330 g/mol. The van der Waals surface area contributed by atoms with Gasteiger partial charge in [0.05, 0.1) is 0 Å². The molecular formula is C18H22N2O4. The van der Waals surface area contributed by atoms with E-state index in [0.717, 1.165) is 23.5 Å². The normalized spacial score (nSPS) is 24.9. The fourth-order valence-electron chi connectivity index (χ4n) is 3.61. The highest BCUT2D eigenvalue weighted by Crippen LogP contribution is 2.50. The van der Waals surface area contributed by atoms with E-state index in [-0.39, 0.29) is 30.4 Å². The fraction of sp³-hybridized carbons (Fsp3) is 0.556. The number of hydrogen-bond acceptors (Lipinski definition) is 4. The van der Waals surface area contributed by atoms with E-state index in [1.807, 2.05) is 34.9 Å². The number of benzene rings is 1. The Morgan fingerprint density at radius 3 is 2.54 bits per heavy atom. The van der Waals surface area contributed by atoms with Crippen LogP contribution >= 0.6 is 0 Å². The molecule has 1 aliphatic carbocycles. The van der Waals surface area contributed by atoms with Gasteiger partial charge in [0.1, 0.15) is 0 Å². The number of fused-ring (bicyclic) bond motifs is 1. The summed E-state index contributed by atoms with van der Waals surface area (Å²) in [6.45, 7) is 4.75. The zero-order valence-corrected chi connectivity index (χ0v) is 13.9. The van der Waals surface area contributed by atoms with Crippen LogP contribution in [0.1, 0.15) is 31.2 Å². The van der Waals surface area contributed by atoms with Crippen molar-refractivity contribution < 1.29 is 19.1 Å². The Morgan fingerprint density at radius 1 is 1.08 bits per heavy atom. The van der Waals surface area contributed by atoms with Gasteiger partial charge in [-0.1, -0.05) is 13.0 Å². The quantitative estimate of drug-likeness (QED) is 0.845. The standard InChI is InChI=1S/C18H22N2O4/c1-2-17(21)19-5-7-20(8-6-19)18(22)14-10-13(14)12-3-4-15-16(9-12)24-11-23-15/h3-4,9,13-14H,2,5-8,10-11H2,1H3. The van der Waals surface area contributed by atoms with Crippen LogP contribution in [0, 0.1) is 5.92 Å². The van der Waals surface area contributed by atoms with Crippen LogP contribution in [0.3, 0.4) is 0 Å². The summed E-state index contributed by atoms with van der Waals surface area (Å²) >= 11 is 0. The zero-order valence-electron chi connectivity index (χ0n) is 13.9. The summed E-state index contributed by atoms with van der Waals surface area (Å²) in [6.07, 6.45) is 1.43. The largest absolute Gasteiger partial charge is 0.454 e. The molecule has 2 unspecified atom stereocenters. The zero-order chi connectivity index (χ0) is 16.7. The number of hydrogen-bond donors (Lipinski definition) is 0. The summed E-state index contributed by atoms with van der Waals surface area (Å²) in [5, 5.41) is 0. The monoisotopic (exact) mass is 330 g/mol. The summed E-state index contributed by atoms with van der Waals surface area (Å²) in [5.41, 5.74) is 1.15. The third-order valence-electron chi connectivity index (χ3n) is 5.18. The van der Waals surface area contributed by atoms with Crippen molar-refractivity contribution in [2.24, 2.45) is 5.92 Å². The summed E-state index contributed by atoms with van der Waals surface area (Å²) < 4.78 is 10.8. The first-order chi connectivity index (χ1) is 11.7. The van der Waals surface area contributed by atoms with E-state index in [1.54, 1.807) is 0 Å². The highest BCUT2D eigenvalue weighted by atomic mass is 16.7. The van der Waals surface area contributed by atoms with Crippen molar-refractivity contribution in [1.29, 1.82) is 0 Å². The van der Waals surface area contributed by atoms with Crippen LogP contribution in [-0.4, -0.2) is 54.6 Å². The Kier molecular flexibility index (Phi) is 3.82. The molecule has 0 aromatic heterocycles. The topological polar surface area (TPSA) is 59.1 Å². The molecule has 4 rings (SSSR count). The summed E-state index contributed by atoms with van der Waals surface area (Å²) in [5.74, 6) is 2.30. The van der Waals surface area contributed by atoms with Crippen LogP contribution in [-0.2, 0) is 9.59 Å². The van der Waals surface area contributed by atoms with Gasteiger partial charge in [0.25, 0.3) is 0 Å². The molecule has 2 atom stereocenters. The molecule has 2 aliphatic heterocycles. The molecule has 1 aromatic rings. The van der Waals surface area contributed by atoms with Gasteiger partial charge >= 0.3 is 0 Å². The third kappa shape index (κ3) is 2.70. The minimum Gasteiger partial charge on any atom is -0.454 e. The van der Waals surface area contributed by atoms with E-state index in [0.29, 0.717) is 32.6 Å². The van der Waals surface area contributed by atoms with Gasteiger partial charge in [-0.15, -0.1) is 0 Å². The molecule has 1 saturated carbocycles. The van der Waals surface area contributed by atoms with E-state index in [4.69, 9.17) is 9.47 Å². The molecule has 1 saturated heterocycles. The summed E-state index contributed by atoms with van der Waals surface area (Å²) in [7, 11) is 0. The van der Waals surface area contributed by atoms with E-state index in [2.05, 4.69) is 0 Å². The molecule has 2 heterocycles. The van der Waals surface area contributed by atoms with Gasteiger partial charge in [-0.3, -0.25) is 9.59 Å². The van der Waals surface area contributed by atoms with Gasteiger partial charge < -0.3 is 19.3 Å². The number of rotatable bonds is 3. The smallest absolute Gasteiger partial charge is 0.231 e. The predicted octanol–water partition coefficient (Wildman–Crippen LogP) is 1.60. The first-order valence-electron chi connectivity index (χ1n) is 8.63. The molecule has 24 heavy (non-hydrogen) atoms. The number of carbonyl (C=O) groups is 2. The number of carbonyl (C=O) groups excluding carboxylic acids is 2. The Hall–Kier alpha value is -2.24. The van der Waals surface area contributed by atoms with Crippen LogP contribution in [0.4, 0.5) is 0 Å². The molecular weight excluding hydrogens is 308 g/mol. The van der Waals surface area contributed by atoms with Gasteiger partial charge in [-0.05, 0) is 30.0 Å². The maximum atomic E-state index is 12.7. The van der Waals surface area contributed by atoms with Gasteiger partial charge in [-0.25, -0.2) is 0 Å². The average Bonchev–Trinajstić information content (AvgIpc) is 3.29. The van der Waals surface area contributed by atoms with Crippen LogP contribution in [0.15, 0.2) is 18.2 Å². The second-order valence-electron chi connectivity index (χ2n) is 6.62. The van der Waals surface area contributed by atoms with Crippen molar-refractivity contribution in [3.63, 3.8) is 0 Å². The molecule has 6 heteroatoms. The lowest BCUT2D eigenvalue weighted by Crippen LogP contribution is -2.51. The molecule has 128 valence electrons. The molecule has 0 N–H and O–H groups in total. The number of amides is 2. The summed E-state index contributed by atoms with van der Waals surface area (Å²) in [6, 6.07) is 5.95. The minimum absolute atomic E-state index is 0.0683. The Morgan fingerprint density at radius 2 is 1.79 bits per heavy atom. The molecule has 0 spiro atoms. The molecule has 1 aromatic carbocycles. The van der Waals surface area contributed by atoms with Gasteiger partial charge in [0.2, 0.25) is 18.6 Å². The van der Waals surface area contributed by atoms with E-state index >= 15 is 0 Å². The fourth-order valence-corrected chi connectivity index (χ4v) is 3.61. The van der Waals surface area contributed by atoms with Crippen molar-refractivity contribution in [3.8, 4) is 11.5 Å². The molecule has 6 nitrogen and oxygen atoms in total. The molecule has 2 fully saturated rings. The van der Waals surface area contributed by atoms with Crippen LogP contribution in [0.2, 0.25) is 0 Å². The number of nitrogens with zero attached hydrogens (tertiary/aromatic N) is 2. The van der Waals surface area contributed by atoms with Crippen molar-refractivity contribution in [3.05, 3.63) is 23.8 Å². The first-order valence-corrected chi connectivity index (χ1v) is 8.63. The number of piperazine rings is 1. The second-order valence-corrected chi connectivity index (χ2v) is 6.62. The van der Waals surface area contributed by atoms with Crippen molar-refractivity contribution >= 4 is 11.8 Å². The van der Waals surface area contributed by atoms with Crippen molar-refractivity contribution in [1.82, 2.24) is 9.80 Å². The van der Waals surface area contributed by atoms with Crippen molar-refractivity contribution in [2.45, 2.75) is 25.7 Å². The van der Waals surface area contributed by atoms with Crippen molar-refractivity contribution in [2.75, 3.05) is 33.0 Å². The maximum Gasteiger partial charge on any atom is 0.231 e. The predicted molar refractivity (Wildman–Crippen MR) is 86.9 cm³/mol. The third-order valence-corrected chi connectivity index (χ3v) is 5.18. The van der Waals surface area contributed by atoms with E-state index < -0.39 is 0 Å². The Labute approximate surface area is 141 Å². The lowest BCUT2D eigenvalue weighted by Gasteiger charge is -2.35. The summed E-state index contributed by atoms with van der Waals surface area (Å²) in [4.78, 5) is 28.2. The Balaban J connectivity index is 1.35. The highest BCUT2D eigenvalue weighted by molar-refractivity contribution is 5.83. The van der Waals surface area contributed by atoms with Crippen LogP contribution in [0.25, 0.3) is 0 Å².